The molecule has 0 unspecified atom stereocenters. The number of fused-ring (bicyclic) bond motifs is 2. The van der Waals surface area contributed by atoms with Crippen LogP contribution in [0.2, 0.25) is 0 Å². The number of nitrogens with zero attached hydrogens (tertiary/aromatic N) is 4. The molecule has 4 heterocycles. The number of hydrogen-bond acceptors (Lipinski definition) is 5. The van der Waals surface area contributed by atoms with Gasteiger partial charge in [-0.2, -0.15) is 0 Å². The lowest BCUT2D eigenvalue weighted by Crippen LogP contribution is -2.50. The minimum atomic E-state index is -3.31. The van der Waals surface area contributed by atoms with Crippen LogP contribution in [-0.2, 0) is 20.2 Å². The SMILES string of the molecule is C=N/C(CN1C(=O)C2(CCN(S(C)(=O)=O)CC2)c2ccncc21)=C(/c1cc[nH]c1)c1ccccc1C. The Hall–Kier alpha value is -3.56. The monoisotopic (exact) mass is 503 g/mol. The molecule has 1 saturated heterocycles. The average molecular weight is 504 g/mol. The van der Waals surface area contributed by atoms with E-state index in [1.165, 1.54) is 10.6 Å². The first-order valence-electron chi connectivity index (χ1n) is 11.9. The molecule has 36 heavy (non-hydrogen) atoms. The molecule has 0 saturated carbocycles. The fraction of sp³-hybridized carbons (Fsp3) is 0.296. The summed E-state index contributed by atoms with van der Waals surface area (Å²) in [7, 11) is -3.31. The summed E-state index contributed by atoms with van der Waals surface area (Å²) in [5.41, 5.74) is 5.53. The predicted molar refractivity (Wildman–Crippen MR) is 141 cm³/mol. The van der Waals surface area contributed by atoms with Crippen molar-refractivity contribution in [1.29, 1.82) is 0 Å². The van der Waals surface area contributed by atoms with Crippen molar-refractivity contribution in [2.45, 2.75) is 25.2 Å². The molecule has 1 amide bonds. The van der Waals surface area contributed by atoms with E-state index in [1.807, 2.05) is 55.7 Å². The molecule has 1 spiro atoms. The lowest BCUT2D eigenvalue weighted by atomic mass is 9.74. The van der Waals surface area contributed by atoms with Crippen LogP contribution in [0, 0.1) is 6.92 Å². The Balaban J connectivity index is 1.58. The summed E-state index contributed by atoms with van der Waals surface area (Å²) in [6, 6.07) is 12.0. The van der Waals surface area contributed by atoms with Gasteiger partial charge in [-0.05, 0) is 55.3 Å². The van der Waals surface area contributed by atoms with Gasteiger partial charge in [-0.1, -0.05) is 24.3 Å². The molecule has 5 rings (SSSR count). The number of aromatic amines is 1. The molecule has 186 valence electrons. The van der Waals surface area contributed by atoms with Crippen LogP contribution in [0.25, 0.3) is 5.57 Å². The maximum Gasteiger partial charge on any atom is 0.238 e. The Morgan fingerprint density at radius 2 is 1.94 bits per heavy atom. The van der Waals surface area contributed by atoms with E-state index in [9.17, 15) is 13.2 Å². The zero-order valence-electron chi connectivity index (χ0n) is 20.4. The molecule has 2 aliphatic heterocycles. The largest absolute Gasteiger partial charge is 0.367 e. The van der Waals surface area contributed by atoms with Gasteiger partial charge in [0.05, 0.1) is 35.8 Å². The van der Waals surface area contributed by atoms with Crippen LogP contribution >= 0.6 is 0 Å². The van der Waals surface area contributed by atoms with Crippen molar-refractivity contribution in [3.05, 3.63) is 89.1 Å². The third-order valence-corrected chi connectivity index (χ3v) is 8.70. The average Bonchev–Trinajstić information content (AvgIpc) is 3.47. The summed E-state index contributed by atoms with van der Waals surface area (Å²) < 4.78 is 25.7. The van der Waals surface area contributed by atoms with Crippen LogP contribution in [0.3, 0.4) is 0 Å². The highest BCUT2D eigenvalue weighted by Crippen LogP contribution is 2.48. The summed E-state index contributed by atoms with van der Waals surface area (Å²) in [6.07, 6.45) is 9.25. The van der Waals surface area contributed by atoms with Crippen LogP contribution in [0.4, 0.5) is 5.69 Å². The van der Waals surface area contributed by atoms with Gasteiger partial charge in [-0.25, -0.2) is 12.7 Å². The van der Waals surface area contributed by atoms with Gasteiger partial charge in [0, 0.05) is 42.8 Å². The van der Waals surface area contributed by atoms with E-state index in [0.717, 1.165) is 33.5 Å². The highest BCUT2D eigenvalue weighted by Gasteiger charge is 2.53. The van der Waals surface area contributed by atoms with Crippen LogP contribution in [0.15, 0.2) is 71.9 Å². The van der Waals surface area contributed by atoms with Crippen molar-refractivity contribution in [3.8, 4) is 0 Å². The number of piperidine rings is 1. The highest BCUT2D eigenvalue weighted by molar-refractivity contribution is 7.88. The van der Waals surface area contributed by atoms with Crippen molar-refractivity contribution >= 4 is 33.9 Å². The van der Waals surface area contributed by atoms with Gasteiger partial charge in [0.15, 0.2) is 0 Å². The van der Waals surface area contributed by atoms with Crippen molar-refractivity contribution in [1.82, 2.24) is 14.3 Å². The number of nitrogens with one attached hydrogen (secondary N) is 1. The smallest absolute Gasteiger partial charge is 0.238 e. The maximum absolute atomic E-state index is 14.1. The topological polar surface area (TPSA) is 98.7 Å². The zero-order chi connectivity index (χ0) is 25.5. The van der Waals surface area contributed by atoms with Gasteiger partial charge in [0.2, 0.25) is 15.9 Å². The van der Waals surface area contributed by atoms with E-state index in [2.05, 4.69) is 21.7 Å². The molecule has 1 N–H and O–H groups in total. The Kier molecular flexibility index (Phi) is 6.13. The standard InChI is InChI=1S/C27H29N5O3S/c1-19-6-4-5-7-21(19)25(20-8-12-29-16-20)23(28-2)18-32-24-17-30-13-9-22(24)27(26(32)33)10-14-31(15-11-27)36(3,34)35/h4-9,12-13,16-17,29H,2,10-11,14-15,18H2,1,3H3/b25-23-. The number of aryl methyl sites for hydroxylation is 1. The van der Waals surface area contributed by atoms with E-state index >= 15 is 0 Å². The van der Waals surface area contributed by atoms with E-state index in [-0.39, 0.29) is 12.5 Å². The second-order valence-corrected chi connectivity index (χ2v) is 11.4. The lowest BCUT2D eigenvalue weighted by Gasteiger charge is -2.37. The number of carbonyl (C=O) groups is 1. The third-order valence-electron chi connectivity index (χ3n) is 7.39. The van der Waals surface area contributed by atoms with Gasteiger partial charge in [0.1, 0.15) is 0 Å². The van der Waals surface area contributed by atoms with Crippen LogP contribution in [0.5, 0.6) is 0 Å². The first kappa shape index (κ1) is 24.1. The summed E-state index contributed by atoms with van der Waals surface area (Å²) in [4.78, 5) is 27.7. The van der Waals surface area contributed by atoms with Crippen molar-refractivity contribution in [3.63, 3.8) is 0 Å². The highest BCUT2D eigenvalue weighted by atomic mass is 32.2. The van der Waals surface area contributed by atoms with Gasteiger partial charge in [0.25, 0.3) is 0 Å². The van der Waals surface area contributed by atoms with Crippen molar-refractivity contribution in [2.75, 3.05) is 30.8 Å². The van der Waals surface area contributed by atoms with Crippen LogP contribution < -0.4 is 4.90 Å². The van der Waals surface area contributed by atoms with Crippen LogP contribution in [-0.4, -0.2) is 61.2 Å². The summed E-state index contributed by atoms with van der Waals surface area (Å²) in [6.45, 7) is 6.76. The Labute approximate surface area is 211 Å². The Morgan fingerprint density at radius 1 is 1.19 bits per heavy atom. The predicted octanol–water partition coefficient (Wildman–Crippen LogP) is 3.52. The number of hydrogen-bond donors (Lipinski definition) is 1. The molecule has 0 bridgehead atoms. The molecule has 0 aliphatic carbocycles. The number of aliphatic imine (C=N–C) groups is 1. The van der Waals surface area contributed by atoms with Crippen molar-refractivity contribution < 1.29 is 13.2 Å². The minimum Gasteiger partial charge on any atom is -0.367 e. The molecule has 3 aromatic rings. The second-order valence-electron chi connectivity index (χ2n) is 9.42. The molecule has 0 atom stereocenters. The number of pyridine rings is 1. The molecular formula is C27H29N5O3S. The second kappa shape index (κ2) is 9.15. The molecule has 9 heteroatoms. The normalized spacial score (nSPS) is 18.3. The fourth-order valence-electron chi connectivity index (χ4n) is 5.50. The number of carbonyl (C=O) groups excluding carboxylic acids is 1. The summed E-state index contributed by atoms with van der Waals surface area (Å²) in [5.74, 6) is -0.0435. The number of rotatable bonds is 6. The van der Waals surface area contributed by atoms with Crippen LogP contribution in [0.1, 0.15) is 35.1 Å². The number of aromatic nitrogens is 2. The van der Waals surface area contributed by atoms with Gasteiger partial charge in [-0.3, -0.25) is 14.8 Å². The molecule has 2 aliphatic rings. The summed E-state index contributed by atoms with van der Waals surface area (Å²) in [5, 5.41) is 0. The molecule has 8 nitrogen and oxygen atoms in total. The molecular weight excluding hydrogens is 474 g/mol. The zero-order valence-corrected chi connectivity index (χ0v) is 21.3. The van der Waals surface area contributed by atoms with Gasteiger partial charge in [-0.15, -0.1) is 0 Å². The van der Waals surface area contributed by atoms with Gasteiger partial charge < -0.3 is 9.88 Å². The molecule has 0 radical (unpaired) electrons. The van der Waals surface area contributed by atoms with E-state index in [4.69, 9.17) is 0 Å². The number of anilines is 1. The maximum atomic E-state index is 14.1. The molecule has 1 aromatic carbocycles. The third kappa shape index (κ3) is 3.98. The number of sulfonamides is 1. The first-order valence-corrected chi connectivity index (χ1v) is 13.7. The molecule has 2 aromatic heterocycles. The van der Waals surface area contributed by atoms with Gasteiger partial charge >= 0.3 is 0 Å². The Morgan fingerprint density at radius 3 is 2.58 bits per heavy atom. The quantitative estimate of drug-likeness (QED) is 0.521. The van der Waals surface area contributed by atoms with E-state index in [0.29, 0.717) is 31.6 Å². The fourth-order valence-corrected chi connectivity index (χ4v) is 6.34. The molecule has 1 fully saturated rings. The lowest BCUT2D eigenvalue weighted by molar-refractivity contribution is -0.124. The number of amides is 1. The minimum absolute atomic E-state index is 0.0435. The Bertz CT molecular complexity index is 1450. The summed E-state index contributed by atoms with van der Waals surface area (Å²) >= 11 is 0. The first-order chi connectivity index (χ1) is 17.3. The van der Waals surface area contributed by atoms with Crippen molar-refractivity contribution in [2.24, 2.45) is 4.99 Å². The van der Waals surface area contributed by atoms with E-state index in [1.54, 1.807) is 17.3 Å². The number of H-pyrrole nitrogens is 1. The number of benzene rings is 1. The van der Waals surface area contributed by atoms with E-state index < -0.39 is 15.4 Å².